The maximum Gasteiger partial charge on any atom is 0.314 e. The fourth-order valence-electron chi connectivity index (χ4n) is 2.21. The number of halogens is 1. The minimum Gasteiger partial charge on any atom is -0.497 e. The number of nitrogens with zero attached hydrogens (tertiary/aromatic N) is 1. The Bertz CT molecular complexity index is 459. The van der Waals surface area contributed by atoms with E-state index in [4.69, 9.17) is 10.5 Å². The zero-order chi connectivity index (χ0) is 13.8. The zero-order valence-corrected chi connectivity index (χ0v) is 12.4. The van der Waals surface area contributed by atoms with Crippen LogP contribution in [0.2, 0.25) is 0 Å². The Balaban J connectivity index is 1.97. The van der Waals surface area contributed by atoms with Crippen LogP contribution in [-0.4, -0.2) is 37.2 Å². The third-order valence-corrected chi connectivity index (χ3v) is 4.03. The van der Waals surface area contributed by atoms with Crippen molar-refractivity contribution >= 4 is 27.6 Å². The summed E-state index contributed by atoms with van der Waals surface area (Å²) in [7, 11) is 1.65. The largest absolute Gasteiger partial charge is 0.497 e. The van der Waals surface area contributed by atoms with Gasteiger partial charge in [-0.2, -0.15) is 0 Å². The number of urea groups is 1. The van der Waals surface area contributed by atoms with E-state index in [1.165, 1.54) is 0 Å². The van der Waals surface area contributed by atoms with Crippen LogP contribution in [0.4, 0.5) is 10.5 Å². The molecule has 1 aliphatic rings. The number of carbonyl (C=O) groups excluding carboxylic acids is 1. The van der Waals surface area contributed by atoms with Crippen LogP contribution in [-0.2, 0) is 0 Å². The van der Waals surface area contributed by atoms with Gasteiger partial charge in [-0.15, -0.1) is 0 Å². The molecule has 0 aromatic heterocycles. The zero-order valence-electron chi connectivity index (χ0n) is 10.9. The molecule has 0 saturated carbocycles. The molecular weight excluding hydrogens is 310 g/mol. The summed E-state index contributed by atoms with van der Waals surface area (Å²) in [6.07, 6.45) is 1.79. The van der Waals surface area contributed by atoms with Crippen LogP contribution in [0.3, 0.4) is 0 Å². The quantitative estimate of drug-likeness (QED) is 0.895. The number of likely N-dealkylation sites (tertiary alicyclic amines) is 1. The fourth-order valence-corrected chi connectivity index (χ4v) is 2.57. The molecule has 1 saturated heterocycles. The number of carbonyl (C=O) groups is 1. The Morgan fingerprint density at radius 1 is 1.47 bits per heavy atom. The lowest BCUT2D eigenvalue weighted by Gasteiger charge is -2.32. The van der Waals surface area contributed by atoms with Crippen molar-refractivity contribution in [2.45, 2.75) is 18.9 Å². The standard InChI is InChI=1S/C13H18BrN3O2/c1-19-10-2-3-11(14)12(8-10)16-9-4-6-17(7-5-9)13(15)18/h2-3,8-9,16H,4-7H2,1H3,(H2,15,18). The predicted molar refractivity (Wildman–Crippen MR) is 78.5 cm³/mol. The number of amides is 2. The summed E-state index contributed by atoms with van der Waals surface area (Å²) < 4.78 is 6.22. The molecule has 3 N–H and O–H groups in total. The maximum absolute atomic E-state index is 11.1. The Kier molecular flexibility index (Phi) is 4.52. The number of anilines is 1. The van der Waals surface area contributed by atoms with Gasteiger partial charge in [0.2, 0.25) is 0 Å². The summed E-state index contributed by atoms with van der Waals surface area (Å²) in [5.41, 5.74) is 6.28. The number of ether oxygens (including phenoxy) is 1. The fraction of sp³-hybridized carbons (Fsp3) is 0.462. The minimum atomic E-state index is -0.332. The molecule has 0 aliphatic carbocycles. The van der Waals surface area contributed by atoms with Crippen molar-refractivity contribution in [1.82, 2.24) is 4.90 Å². The van der Waals surface area contributed by atoms with E-state index in [1.54, 1.807) is 12.0 Å². The van der Waals surface area contributed by atoms with Crippen molar-refractivity contribution < 1.29 is 9.53 Å². The molecule has 0 unspecified atom stereocenters. The molecule has 1 heterocycles. The first-order chi connectivity index (χ1) is 9.10. The summed E-state index contributed by atoms with van der Waals surface area (Å²) in [4.78, 5) is 12.7. The van der Waals surface area contributed by atoms with Crippen molar-refractivity contribution in [1.29, 1.82) is 0 Å². The van der Waals surface area contributed by atoms with E-state index in [0.29, 0.717) is 19.1 Å². The van der Waals surface area contributed by atoms with Crippen LogP contribution < -0.4 is 15.8 Å². The van der Waals surface area contributed by atoms with E-state index >= 15 is 0 Å². The number of nitrogens with two attached hydrogens (primary N) is 1. The van der Waals surface area contributed by atoms with Crippen LogP contribution in [0.5, 0.6) is 5.75 Å². The number of piperidine rings is 1. The molecule has 0 spiro atoms. The molecule has 1 fully saturated rings. The monoisotopic (exact) mass is 327 g/mol. The summed E-state index contributed by atoms with van der Waals surface area (Å²) in [5, 5.41) is 3.48. The molecule has 0 atom stereocenters. The van der Waals surface area contributed by atoms with Gasteiger partial charge in [0.1, 0.15) is 5.75 Å². The Morgan fingerprint density at radius 2 is 2.16 bits per heavy atom. The highest BCUT2D eigenvalue weighted by Gasteiger charge is 2.21. The third kappa shape index (κ3) is 3.53. The smallest absolute Gasteiger partial charge is 0.314 e. The first-order valence-electron chi connectivity index (χ1n) is 6.24. The number of primary amides is 1. The number of rotatable bonds is 3. The van der Waals surface area contributed by atoms with Crippen LogP contribution in [0.1, 0.15) is 12.8 Å². The number of hydrogen-bond acceptors (Lipinski definition) is 3. The second-order valence-corrected chi connectivity index (χ2v) is 5.44. The van der Waals surface area contributed by atoms with Crippen molar-refractivity contribution in [2.24, 2.45) is 5.73 Å². The highest BCUT2D eigenvalue weighted by molar-refractivity contribution is 9.10. The molecule has 1 aliphatic heterocycles. The molecule has 1 aromatic rings. The Hall–Kier alpha value is -1.43. The third-order valence-electron chi connectivity index (χ3n) is 3.34. The Morgan fingerprint density at radius 3 is 2.74 bits per heavy atom. The van der Waals surface area contributed by atoms with Crippen LogP contribution in [0.15, 0.2) is 22.7 Å². The normalized spacial score (nSPS) is 16.2. The van der Waals surface area contributed by atoms with Gasteiger partial charge in [-0.05, 0) is 40.9 Å². The summed E-state index contributed by atoms with van der Waals surface area (Å²) in [6, 6.07) is 5.84. The van der Waals surface area contributed by atoms with E-state index in [0.717, 1.165) is 28.8 Å². The predicted octanol–water partition coefficient (Wildman–Crippen LogP) is 2.41. The summed E-state index contributed by atoms with van der Waals surface area (Å²) in [5.74, 6) is 0.820. The van der Waals surface area contributed by atoms with Gasteiger partial charge in [0, 0.05) is 29.7 Å². The minimum absolute atomic E-state index is 0.332. The highest BCUT2D eigenvalue weighted by atomic mass is 79.9. The second-order valence-electron chi connectivity index (χ2n) is 4.59. The SMILES string of the molecule is COc1ccc(Br)c(NC2CCN(C(N)=O)CC2)c1. The topological polar surface area (TPSA) is 67.6 Å². The maximum atomic E-state index is 11.1. The first kappa shape index (κ1) is 14.0. The van der Waals surface area contributed by atoms with E-state index in [2.05, 4.69) is 21.2 Å². The number of hydrogen-bond donors (Lipinski definition) is 2. The van der Waals surface area contributed by atoms with Gasteiger partial charge >= 0.3 is 6.03 Å². The van der Waals surface area contributed by atoms with Crippen LogP contribution >= 0.6 is 15.9 Å². The average molecular weight is 328 g/mol. The lowest BCUT2D eigenvalue weighted by molar-refractivity contribution is 0.193. The molecular formula is C13H18BrN3O2. The summed E-state index contributed by atoms with van der Waals surface area (Å²) >= 11 is 3.52. The molecule has 0 bridgehead atoms. The second kappa shape index (κ2) is 6.14. The highest BCUT2D eigenvalue weighted by Crippen LogP contribution is 2.29. The lowest BCUT2D eigenvalue weighted by atomic mass is 10.0. The molecule has 5 nitrogen and oxygen atoms in total. The van der Waals surface area contributed by atoms with E-state index in [1.807, 2.05) is 18.2 Å². The van der Waals surface area contributed by atoms with Gasteiger partial charge in [-0.1, -0.05) is 0 Å². The molecule has 6 heteroatoms. The van der Waals surface area contributed by atoms with E-state index < -0.39 is 0 Å². The van der Waals surface area contributed by atoms with Crippen LogP contribution in [0.25, 0.3) is 0 Å². The molecule has 2 rings (SSSR count). The molecule has 0 radical (unpaired) electrons. The molecule has 19 heavy (non-hydrogen) atoms. The number of benzene rings is 1. The number of methoxy groups -OCH3 is 1. The van der Waals surface area contributed by atoms with Gasteiger partial charge in [0.05, 0.1) is 12.8 Å². The van der Waals surface area contributed by atoms with Gasteiger partial charge in [-0.3, -0.25) is 0 Å². The van der Waals surface area contributed by atoms with Gasteiger partial charge < -0.3 is 20.7 Å². The van der Waals surface area contributed by atoms with Crippen molar-refractivity contribution in [2.75, 3.05) is 25.5 Å². The molecule has 104 valence electrons. The molecule has 1 aromatic carbocycles. The van der Waals surface area contributed by atoms with Crippen molar-refractivity contribution in [3.05, 3.63) is 22.7 Å². The van der Waals surface area contributed by atoms with Crippen LogP contribution in [0, 0.1) is 0 Å². The lowest BCUT2D eigenvalue weighted by Crippen LogP contribution is -2.44. The molecule has 2 amide bonds. The summed E-state index contributed by atoms with van der Waals surface area (Å²) in [6.45, 7) is 1.41. The van der Waals surface area contributed by atoms with Gasteiger partial charge in [0.15, 0.2) is 0 Å². The van der Waals surface area contributed by atoms with Crippen molar-refractivity contribution in [3.8, 4) is 5.75 Å². The van der Waals surface area contributed by atoms with E-state index in [9.17, 15) is 4.79 Å². The van der Waals surface area contributed by atoms with Crippen molar-refractivity contribution in [3.63, 3.8) is 0 Å². The van der Waals surface area contributed by atoms with Gasteiger partial charge in [-0.25, -0.2) is 4.79 Å². The number of nitrogens with one attached hydrogen (secondary N) is 1. The first-order valence-corrected chi connectivity index (χ1v) is 7.04. The van der Waals surface area contributed by atoms with E-state index in [-0.39, 0.29) is 6.03 Å². The van der Waals surface area contributed by atoms with Gasteiger partial charge in [0.25, 0.3) is 0 Å². The average Bonchev–Trinajstić information content (AvgIpc) is 2.42. The Labute approximate surface area is 121 Å².